The summed E-state index contributed by atoms with van der Waals surface area (Å²) in [6, 6.07) is 9.94. The van der Waals surface area contributed by atoms with Crippen molar-refractivity contribution in [3.63, 3.8) is 0 Å². The maximum absolute atomic E-state index is 5.56. The molecule has 0 fully saturated rings. The normalized spacial score (nSPS) is 18.3. The molecular weight excluding hydrogens is 380 g/mol. The van der Waals surface area contributed by atoms with E-state index in [1.54, 1.807) is 35.5 Å². The fraction of sp³-hybridized carbons (Fsp3) is 0.360. The van der Waals surface area contributed by atoms with Gasteiger partial charge in [0.05, 0.1) is 35.5 Å². The highest BCUT2D eigenvalue weighted by atomic mass is 16.5. The van der Waals surface area contributed by atoms with Crippen LogP contribution in [0.4, 0.5) is 0 Å². The topological polar surface area (TPSA) is 46.2 Å². The monoisotopic (exact) mass is 410 g/mol. The molecule has 0 saturated heterocycles. The molecule has 160 valence electrons. The molecule has 5 nitrogen and oxygen atoms in total. The maximum Gasteiger partial charge on any atom is 0.164 e. The zero-order valence-corrected chi connectivity index (χ0v) is 18.3. The van der Waals surface area contributed by atoms with Crippen molar-refractivity contribution < 1.29 is 23.7 Å². The van der Waals surface area contributed by atoms with Crippen LogP contribution < -0.4 is 23.7 Å². The summed E-state index contributed by atoms with van der Waals surface area (Å²) in [6.07, 6.45) is 11.0. The quantitative estimate of drug-likeness (QED) is 0.538. The van der Waals surface area contributed by atoms with E-state index in [9.17, 15) is 0 Å². The molecule has 0 bridgehead atoms. The van der Waals surface area contributed by atoms with Crippen LogP contribution in [0.5, 0.6) is 28.7 Å². The third-order valence-electron chi connectivity index (χ3n) is 5.52. The summed E-state index contributed by atoms with van der Waals surface area (Å²) in [4.78, 5) is 0. The summed E-state index contributed by atoms with van der Waals surface area (Å²) in [6.45, 7) is 0. The minimum absolute atomic E-state index is 0.265. The molecule has 0 radical (unpaired) electrons. The predicted octanol–water partition coefficient (Wildman–Crippen LogP) is 5.49. The van der Waals surface area contributed by atoms with Crippen LogP contribution in [0.2, 0.25) is 0 Å². The molecule has 1 aliphatic carbocycles. The molecule has 2 aromatic rings. The standard InChI is InChI=1S/C25H30O5/c1-26-21-13-12-18(14-23(21)28-3)20-9-7-6-8-17(20)10-11-19-15-24(29-4)25(30-5)16-22(19)27-2/h7,9-17,20H,6,8H2,1-5H3/t17-,20+/m0/s1. The van der Waals surface area contributed by atoms with E-state index in [0.29, 0.717) is 17.4 Å². The molecule has 0 N–H and O–H groups in total. The van der Waals surface area contributed by atoms with Gasteiger partial charge in [0.2, 0.25) is 0 Å². The zero-order valence-electron chi connectivity index (χ0n) is 18.3. The molecule has 0 saturated carbocycles. The van der Waals surface area contributed by atoms with Crippen LogP contribution in [-0.4, -0.2) is 35.5 Å². The van der Waals surface area contributed by atoms with E-state index in [2.05, 4.69) is 36.4 Å². The van der Waals surface area contributed by atoms with Gasteiger partial charge in [-0.3, -0.25) is 0 Å². The first kappa shape index (κ1) is 21.6. The first-order valence-corrected chi connectivity index (χ1v) is 10.0. The van der Waals surface area contributed by atoms with E-state index in [4.69, 9.17) is 23.7 Å². The summed E-state index contributed by atoms with van der Waals surface area (Å²) in [5.74, 6) is 4.18. The summed E-state index contributed by atoms with van der Waals surface area (Å²) >= 11 is 0. The number of rotatable bonds is 8. The minimum Gasteiger partial charge on any atom is -0.496 e. The van der Waals surface area contributed by atoms with Crippen LogP contribution in [0.25, 0.3) is 6.08 Å². The lowest BCUT2D eigenvalue weighted by atomic mass is 9.79. The number of hydrogen-bond donors (Lipinski definition) is 0. The molecule has 1 aliphatic rings. The average Bonchev–Trinajstić information content (AvgIpc) is 2.81. The van der Waals surface area contributed by atoms with Gasteiger partial charge in [-0.15, -0.1) is 0 Å². The third-order valence-corrected chi connectivity index (χ3v) is 5.52. The molecule has 30 heavy (non-hydrogen) atoms. The first-order valence-electron chi connectivity index (χ1n) is 10.0. The van der Waals surface area contributed by atoms with E-state index in [-0.39, 0.29) is 5.92 Å². The Morgan fingerprint density at radius 1 is 0.733 bits per heavy atom. The number of ether oxygens (including phenoxy) is 5. The third kappa shape index (κ3) is 4.56. The van der Waals surface area contributed by atoms with Gasteiger partial charge in [-0.1, -0.05) is 30.4 Å². The molecule has 2 atom stereocenters. The molecule has 5 heteroatoms. The SMILES string of the molecule is COc1cc(OC)c(OC)cc1C=C[C@@H]1CCC=C[C@H]1c1ccc(OC)c(OC)c1. The fourth-order valence-corrected chi connectivity index (χ4v) is 3.90. The lowest BCUT2D eigenvalue weighted by Gasteiger charge is -2.26. The van der Waals surface area contributed by atoms with Gasteiger partial charge in [0.15, 0.2) is 23.0 Å². The van der Waals surface area contributed by atoms with Crippen LogP contribution in [0.1, 0.15) is 29.9 Å². The zero-order chi connectivity index (χ0) is 21.5. The number of methoxy groups -OCH3 is 5. The van der Waals surface area contributed by atoms with Crippen molar-refractivity contribution in [2.24, 2.45) is 5.92 Å². The van der Waals surface area contributed by atoms with Crippen LogP contribution in [0, 0.1) is 5.92 Å². The van der Waals surface area contributed by atoms with E-state index < -0.39 is 0 Å². The van der Waals surface area contributed by atoms with Crippen LogP contribution in [0.15, 0.2) is 48.6 Å². The highest BCUT2D eigenvalue weighted by Gasteiger charge is 2.22. The Balaban J connectivity index is 1.92. The largest absolute Gasteiger partial charge is 0.496 e. The van der Waals surface area contributed by atoms with E-state index in [1.807, 2.05) is 18.2 Å². The van der Waals surface area contributed by atoms with Crippen molar-refractivity contribution in [3.05, 3.63) is 59.7 Å². The Bertz CT molecular complexity index is 916. The van der Waals surface area contributed by atoms with Gasteiger partial charge in [-0.05, 0) is 42.5 Å². The van der Waals surface area contributed by atoms with E-state index >= 15 is 0 Å². The summed E-state index contributed by atoms with van der Waals surface area (Å²) in [5.41, 5.74) is 2.16. The average molecular weight is 411 g/mol. The van der Waals surface area contributed by atoms with Crippen LogP contribution in [0.3, 0.4) is 0 Å². The lowest BCUT2D eigenvalue weighted by Crippen LogP contribution is -2.12. The van der Waals surface area contributed by atoms with Crippen molar-refractivity contribution >= 4 is 6.08 Å². The first-order chi connectivity index (χ1) is 14.6. The van der Waals surface area contributed by atoms with Gasteiger partial charge < -0.3 is 23.7 Å². The second-order valence-electron chi connectivity index (χ2n) is 7.12. The molecular formula is C25H30O5. The molecule has 0 unspecified atom stereocenters. The molecule has 0 aliphatic heterocycles. The van der Waals surface area contributed by atoms with Crippen molar-refractivity contribution in [1.82, 2.24) is 0 Å². The van der Waals surface area contributed by atoms with Crippen LogP contribution >= 0.6 is 0 Å². The Morgan fingerprint density at radius 2 is 1.37 bits per heavy atom. The van der Waals surface area contributed by atoms with Gasteiger partial charge in [-0.25, -0.2) is 0 Å². The summed E-state index contributed by atoms with van der Waals surface area (Å²) in [5, 5.41) is 0. The molecule has 0 spiro atoms. The molecule has 0 amide bonds. The van der Waals surface area contributed by atoms with Crippen molar-refractivity contribution in [2.75, 3.05) is 35.5 Å². The van der Waals surface area contributed by atoms with Gasteiger partial charge >= 0.3 is 0 Å². The van der Waals surface area contributed by atoms with Crippen molar-refractivity contribution in [1.29, 1.82) is 0 Å². The fourth-order valence-electron chi connectivity index (χ4n) is 3.90. The molecule has 0 aromatic heterocycles. The molecule has 3 rings (SSSR count). The Morgan fingerprint density at radius 3 is 2.03 bits per heavy atom. The van der Waals surface area contributed by atoms with Crippen molar-refractivity contribution in [2.45, 2.75) is 18.8 Å². The Labute approximate surface area is 178 Å². The number of benzene rings is 2. The van der Waals surface area contributed by atoms with E-state index in [0.717, 1.165) is 35.7 Å². The highest BCUT2D eigenvalue weighted by molar-refractivity contribution is 5.64. The van der Waals surface area contributed by atoms with Gasteiger partial charge in [0.25, 0.3) is 0 Å². The second kappa shape index (κ2) is 10.1. The Kier molecular flexibility index (Phi) is 7.28. The summed E-state index contributed by atoms with van der Waals surface area (Å²) in [7, 11) is 8.24. The Hall–Kier alpha value is -3.08. The second-order valence-corrected chi connectivity index (χ2v) is 7.12. The number of hydrogen-bond acceptors (Lipinski definition) is 5. The van der Waals surface area contributed by atoms with Gasteiger partial charge in [0, 0.05) is 17.5 Å². The molecule has 0 heterocycles. The minimum atomic E-state index is 0.265. The maximum atomic E-state index is 5.56. The van der Waals surface area contributed by atoms with Gasteiger partial charge in [0.1, 0.15) is 5.75 Å². The highest BCUT2D eigenvalue weighted by Crippen LogP contribution is 2.40. The molecule has 2 aromatic carbocycles. The number of allylic oxidation sites excluding steroid dienone is 3. The summed E-state index contributed by atoms with van der Waals surface area (Å²) < 4.78 is 27.3. The smallest absolute Gasteiger partial charge is 0.164 e. The lowest BCUT2D eigenvalue weighted by molar-refractivity contribution is 0.348. The predicted molar refractivity (Wildman–Crippen MR) is 119 cm³/mol. The van der Waals surface area contributed by atoms with Crippen LogP contribution in [-0.2, 0) is 0 Å². The van der Waals surface area contributed by atoms with Gasteiger partial charge in [-0.2, -0.15) is 0 Å². The van der Waals surface area contributed by atoms with E-state index in [1.165, 1.54) is 5.56 Å². The van der Waals surface area contributed by atoms with Crippen molar-refractivity contribution in [3.8, 4) is 28.7 Å².